The first-order valence-corrected chi connectivity index (χ1v) is 10.5. The van der Waals surface area contributed by atoms with Crippen molar-refractivity contribution in [2.75, 3.05) is 31.1 Å². The van der Waals surface area contributed by atoms with Gasteiger partial charge in [0.15, 0.2) is 0 Å². The van der Waals surface area contributed by atoms with Gasteiger partial charge in [0.25, 0.3) is 11.8 Å². The number of aryl methyl sites for hydroxylation is 2. The van der Waals surface area contributed by atoms with Crippen molar-refractivity contribution < 1.29 is 14.4 Å². The van der Waals surface area contributed by atoms with Crippen LogP contribution in [0.2, 0.25) is 0 Å². The number of hydrogen-bond donors (Lipinski definition) is 0. The SMILES string of the molecule is Cc1nn(C)cc1CN1C(=O)c2cccc(N3CCN(C(=O)C4CC4)CC3)c2C1=O. The zero-order valence-corrected chi connectivity index (χ0v) is 17.3. The molecule has 30 heavy (non-hydrogen) atoms. The molecule has 0 unspecified atom stereocenters. The summed E-state index contributed by atoms with van der Waals surface area (Å²) in [5.74, 6) is -0.0357. The van der Waals surface area contributed by atoms with Crippen molar-refractivity contribution in [1.29, 1.82) is 0 Å². The first-order chi connectivity index (χ1) is 14.4. The van der Waals surface area contributed by atoms with E-state index in [-0.39, 0.29) is 30.2 Å². The van der Waals surface area contributed by atoms with Crippen molar-refractivity contribution in [3.05, 3.63) is 46.8 Å². The lowest BCUT2D eigenvalue weighted by Crippen LogP contribution is -2.49. The molecule has 0 atom stereocenters. The molecule has 0 bridgehead atoms. The van der Waals surface area contributed by atoms with E-state index < -0.39 is 0 Å². The predicted molar refractivity (Wildman–Crippen MR) is 110 cm³/mol. The number of carbonyl (C=O) groups excluding carboxylic acids is 3. The molecule has 1 saturated heterocycles. The fourth-order valence-corrected chi connectivity index (χ4v) is 4.45. The van der Waals surface area contributed by atoms with Gasteiger partial charge >= 0.3 is 0 Å². The van der Waals surface area contributed by atoms with Gasteiger partial charge in [-0.3, -0.25) is 24.0 Å². The maximum absolute atomic E-state index is 13.2. The maximum atomic E-state index is 13.2. The quantitative estimate of drug-likeness (QED) is 0.719. The highest BCUT2D eigenvalue weighted by Gasteiger charge is 2.40. The first-order valence-electron chi connectivity index (χ1n) is 10.5. The highest BCUT2D eigenvalue weighted by Crippen LogP contribution is 2.34. The fraction of sp³-hybridized carbons (Fsp3) is 0.455. The van der Waals surface area contributed by atoms with Gasteiger partial charge in [0.2, 0.25) is 5.91 Å². The van der Waals surface area contributed by atoms with Gasteiger partial charge in [-0.2, -0.15) is 5.10 Å². The van der Waals surface area contributed by atoms with Crippen LogP contribution in [0.1, 0.15) is 44.8 Å². The van der Waals surface area contributed by atoms with Gasteiger partial charge in [-0.1, -0.05) is 6.07 Å². The molecule has 3 heterocycles. The maximum Gasteiger partial charge on any atom is 0.263 e. The van der Waals surface area contributed by atoms with E-state index in [0.29, 0.717) is 37.3 Å². The number of imide groups is 1. The van der Waals surface area contributed by atoms with Crippen molar-refractivity contribution in [3.63, 3.8) is 0 Å². The molecule has 1 aliphatic carbocycles. The van der Waals surface area contributed by atoms with Crippen molar-refractivity contribution in [1.82, 2.24) is 19.6 Å². The fourth-order valence-electron chi connectivity index (χ4n) is 4.45. The van der Waals surface area contributed by atoms with Gasteiger partial charge in [-0.25, -0.2) is 0 Å². The summed E-state index contributed by atoms with van der Waals surface area (Å²) in [5, 5.41) is 4.31. The monoisotopic (exact) mass is 407 g/mol. The van der Waals surface area contributed by atoms with Crippen LogP contribution in [-0.4, -0.2) is 63.5 Å². The zero-order chi connectivity index (χ0) is 21.0. The van der Waals surface area contributed by atoms with E-state index in [1.165, 1.54) is 4.90 Å². The minimum absolute atomic E-state index is 0.217. The number of hydrogen-bond acceptors (Lipinski definition) is 5. The highest BCUT2D eigenvalue weighted by atomic mass is 16.2. The highest BCUT2D eigenvalue weighted by molar-refractivity contribution is 6.23. The topological polar surface area (TPSA) is 78.8 Å². The minimum Gasteiger partial charge on any atom is -0.367 e. The van der Waals surface area contributed by atoms with E-state index in [9.17, 15) is 14.4 Å². The van der Waals surface area contributed by atoms with Crippen LogP contribution in [0.15, 0.2) is 24.4 Å². The van der Waals surface area contributed by atoms with Crippen LogP contribution < -0.4 is 4.90 Å². The molecule has 5 rings (SSSR count). The summed E-state index contributed by atoms with van der Waals surface area (Å²) in [6.07, 6.45) is 3.86. The number of benzene rings is 1. The Morgan fingerprint density at radius 1 is 1.10 bits per heavy atom. The Hall–Kier alpha value is -3.16. The second-order valence-electron chi connectivity index (χ2n) is 8.40. The van der Waals surface area contributed by atoms with Crippen LogP contribution in [0.5, 0.6) is 0 Å². The Labute approximate surface area is 175 Å². The summed E-state index contributed by atoms with van der Waals surface area (Å²) >= 11 is 0. The second kappa shape index (κ2) is 6.97. The van der Waals surface area contributed by atoms with E-state index >= 15 is 0 Å². The normalized spacial score (nSPS) is 18.9. The van der Waals surface area contributed by atoms with Crippen LogP contribution >= 0.6 is 0 Å². The molecule has 156 valence electrons. The summed E-state index contributed by atoms with van der Waals surface area (Å²) in [6.45, 7) is 4.73. The number of nitrogens with zero attached hydrogens (tertiary/aromatic N) is 5. The van der Waals surface area contributed by atoms with Gasteiger partial charge in [-0.05, 0) is 31.9 Å². The molecular formula is C22H25N5O3. The third kappa shape index (κ3) is 3.07. The second-order valence-corrected chi connectivity index (χ2v) is 8.40. The van der Waals surface area contributed by atoms with Gasteiger partial charge in [-0.15, -0.1) is 0 Å². The molecule has 0 spiro atoms. The number of aromatic nitrogens is 2. The molecular weight excluding hydrogens is 382 g/mol. The Balaban J connectivity index is 1.37. The van der Waals surface area contributed by atoms with Gasteiger partial charge in [0.05, 0.1) is 29.1 Å². The van der Waals surface area contributed by atoms with Gasteiger partial charge < -0.3 is 9.80 Å². The van der Waals surface area contributed by atoms with E-state index in [1.807, 2.05) is 37.2 Å². The largest absolute Gasteiger partial charge is 0.367 e. The van der Waals surface area contributed by atoms with Gasteiger partial charge in [0.1, 0.15) is 0 Å². The van der Waals surface area contributed by atoms with Crippen LogP contribution in [0, 0.1) is 12.8 Å². The Morgan fingerprint density at radius 3 is 2.47 bits per heavy atom. The summed E-state index contributed by atoms with van der Waals surface area (Å²) in [5.41, 5.74) is 3.39. The van der Waals surface area contributed by atoms with Crippen LogP contribution in [-0.2, 0) is 18.4 Å². The molecule has 1 aromatic heterocycles. The van der Waals surface area contributed by atoms with Crippen LogP contribution in [0.4, 0.5) is 5.69 Å². The summed E-state index contributed by atoms with van der Waals surface area (Å²) in [4.78, 5) is 43.9. The Bertz CT molecular complexity index is 1050. The molecule has 1 aromatic carbocycles. The van der Waals surface area contributed by atoms with Crippen LogP contribution in [0.3, 0.4) is 0 Å². The summed E-state index contributed by atoms with van der Waals surface area (Å²) in [7, 11) is 1.82. The Kier molecular flexibility index (Phi) is 4.38. The molecule has 8 heteroatoms. The minimum atomic E-state index is -0.261. The number of rotatable bonds is 4. The van der Waals surface area contributed by atoms with Crippen molar-refractivity contribution in [3.8, 4) is 0 Å². The summed E-state index contributed by atoms with van der Waals surface area (Å²) < 4.78 is 1.69. The lowest BCUT2D eigenvalue weighted by atomic mass is 10.1. The van der Waals surface area contributed by atoms with Crippen LogP contribution in [0.25, 0.3) is 0 Å². The smallest absolute Gasteiger partial charge is 0.263 e. The molecule has 3 aliphatic rings. The van der Waals surface area contributed by atoms with E-state index in [0.717, 1.165) is 29.8 Å². The van der Waals surface area contributed by atoms with E-state index in [1.54, 1.807) is 10.7 Å². The number of anilines is 1. The van der Waals surface area contributed by atoms with Gasteiger partial charge in [0, 0.05) is 50.9 Å². The lowest BCUT2D eigenvalue weighted by molar-refractivity contribution is -0.132. The molecule has 0 N–H and O–H groups in total. The molecule has 2 fully saturated rings. The van der Waals surface area contributed by atoms with E-state index in [2.05, 4.69) is 10.00 Å². The number of fused-ring (bicyclic) bond motifs is 1. The number of amides is 3. The molecule has 1 saturated carbocycles. The third-order valence-electron chi connectivity index (χ3n) is 6.28. The van der Waals surface area contributed by atoms with Crippen molar-refractivity contribution >= 4 is 23.4 Å². The molecule has 3 amide bonds. The average Bonchev–Trinajstić information content (AvgIpc) is 3.51. The lowest BCUT2D eigenvalue weighted by Gasteiger charge is -2.36. The molecule has 0 radical (unpaired) electrons. The summed E-state index contributed by atoms with van der Waals surface area (Å²) in [6, 6.07) is 5.46. The van der Waals surface area contributed by atoms with Crippen molar-refractivity contribution in [2.24, 2.45) is 13.0 Å². The molecule has 2 aromatic rings. The zero-order valence-electron chi connectivity index (χ0n) is 17.3. The number of carbonyl (C=O) groups is 3. The molecule has 8 nitrogen and oxygen atoms in total. The Morgan fingerprint density at radius 2 is 1.83 bits per heavy atom. The van der Waals surface area contributed by atoms with E-state index in [4.69, 9.17) is 0 Å². The molecule has 2 aliphatic heterocycles. The third-order valence-corrected chi connectivity index (χ3v) is 6.28. The predicted octanol–water partition coefficient (Wildman–Crippen LogP) is 1.58. The number of piperazine rings is 1. The van der Waals surface area contributed by atoms with Crippen molar-refractivity contribution in [2.45, 2.75) is 26.3 Å². The average molecular weight is 407 g/mol. The first kappa shape index (κ1) is 18.8. The standard InChI is InChI=1S/C22H25N5O3/c1-14-16(12-24(2)23-14)13-27-21(29)17-4-3-5-18(19(17)22(27)30)25-8-10-26(11-9-25)20(28)15-6-7-15/h3-5,12,15H,6-11,13H2,1-2H3.